The minimum atomic E-state index is -4.63. The summed E-state index contributed by atoms with van der Waals surface area (Å²) in [7, 11) is 0. The molecule has 0 atom stereocenters. The van der Waals surface area contributed by atoms with E-state index in [-0.39, 0.29) is 23.0 Å². The number of imidazole rings is 1. The molecule has 194 valence electrons. The van der Waals surface area contributed by atoms with Gasteiger partial charge in [0.1, 0.15) is 11.5 Å². The van der Waals surface area contributed by atoms with Gasteiger partial charge in [-0.1, -0.05) is 12.0 Å². The summed E-state index contributed by atoms with van der Waals surface area (Å²) < 4.78 is 42.7. The Balaban J connectivity index is 1.56. The number of anilines is 2. The second-order valence-corrected chi connectivity index (χ2v) is 8.99. The predicted octanol–water partition coefficient (Wildman–Crippen LogP) is 5.77. The third kappa shape index (κ3) is 6.37. The number of halogens is 3. The average Bonchev–Trinajstić information content (AvgIpc) is 3.29. The van der Waals surface area contributed by atoms with E-state index in [2.05, 4.69) is 37.7 Å². The van der Waals surface area contributed by atoms with Crippen LogP contribution in [0.15, 0.2) is 61.1 Å². The number of benzene rings is 2. The van der Waals surface area contributed by atoms with Gasteiger partial charge in [0, 0.05) is 29.1 Å². The van der Waals surface area contributed by atoms with E-state index in [9.17, 15) is 18.0 Å². The normalized spacial score (nSPS) is 11.2. The summed E-state index contributed by atoms with van der Waals surface area (Å²) >= 11 is 0. The third-order valence-corrected chi connectivity index (χ3v) is 5.48. The van der Waals surface area contributed by atoms with Crippen LogP contribution in [0.1, 0.15) is 52.3 Å². The van der Waals surface area contributed by atoms with Crippen molar-refractivity contribution in [1.29, 1.82) is 0 Å². The summed E-state index contributed by atoms with van der Waals surface area (Å²) in [4.78, 5) is 16.9. The fourth-order valence-corrected chi connectivity index (χ4v) is 3.62. The van der Waals surface area contributed by atoms with Crippen LogP contribution in [-0.2, 0) is 6.18 Å². The van der Waals surface area contributed by atoms with E-state index in [1.165, 1.54) is 29.2 Å². The van der Waals surface area contributed by atoms with Gasteiger partial charge in [0.25, 0.3) is 5.91 Å². The predicted molar refractivity (Wildman–Crippen MR) is 139 cm³/mol. The molecule has 2 aromatic carbocycles. The minimum absolute atomic E-state index is 0.0153. The smallest absolute Gasteiger partial charge is 0.366 e. The Bertz CT molecular complexity index is 1530. The van der Waals surface area contributed by atoms with Crippen LogP contribution in [0.25, 0.3) is 5.69 Å². The molecular weight excluding hydrogens is 493 g/mol. The highest BCUT2D eigenvalue weighted by atomic mass is 19.4. The Morgan fingerprint density at radius 1 is 1.00 bits per heavy atom. The van der Waals surface area contributed by atoms with Crippen LogP contribution in [0.2, 0.25) is 0 Å². The number of carbonyl (C=O) groups is 1. The average molecular weight is 519 g/mol. The van der Waals surface area contributed by atoms with Crippen molar-refractivity contribution in [1.82, 2.24) is 19.7 Å². The number of aromatic nitrogens is 4. The SMILES string of the molecule is Cc1cn(-c2ccc(NC(=O)c3ccc(C)c(C#Cc4ccc(NC(C)C)nn4)c3)cc2C(F)(F)F)cn1. The first-order valence-corrected chi connectivity index (χ1v) is 11.8. The molecule has 38 heavy (non-hydrogen) atoms. The first kappa shape index (κ1) is 26.4. The van der Waals surface area contributed by atoms with Gasteiger partial charge in [-0.15, -0.1) is 10.2 Å². The number of rotatable bonds is 5. The van der Waals surface area contributed by atoms with Gasteiger partial charge in [-0.2, -0.15) is 13.2 Å². The van der Waals surface area contributed by atoms with Gasteiger partial charge in [-0.05, 0) is 81.6 Å². The Morgan fingerprint density at radius 2 is 1.79 bits per heavy atom. The summed E-state index contributed by atoms with van der Waals surface area (Å²) in [5.41, 5.74) is 1.76. The summed E-state index contributed by atoms with van der Waals surface area (Å²) in [5.74, 6) is 6.01. The minimum Gasteiger partial charge on any atom is -0.366 e. The molecule has 0 bridgehead atoms. The molecule has 0 unspecified atom stereocenters. The Morgan fingerprint density at radius 3 is 2.42 bits per heavy atom. The molecule has 0 aliphatic rings. The summed E-state index contributed by atoms with van der Waals surface area (Å²) in [5, 5.41) is 13.9. The van der Waals surface area contributed by atoms with Crippen molar-refractivity contribution in [2.75, 3.05) is 10.6 Å². The molecule has 7 nitrogen and oxygen atoms in total. The van der Waals surface area contributed by atoms with Gasteiger partial charge in [0.05, 0.1) is 23.3 Å². The van der Waals surface area contributed by atoms with Crippen LogP contribution >= 0.6 is 0 Å². The molecule has 0 aliphatic heterocycles. The molecule has 2 aromatic heterocycles. The van der Waals surface area contributed by atoms with Crippen molar-refractivity contribution in [3.63, 3.8) is 0 Å². The van der Waals surface area contributed by atoms with Crippen LogP contribution in [0, 0.1) is 25.7 Å². The van der Waals surface area contributed by atoms with Gasteiger partial charge in [0.15, 0.2) is 0 Å². The van der Waals surface area contributed by atoms with Gasteiger partial charge in [-0.3, -0.25) is 4.79 Å². The molecule has 0 aliphatic carbocycles. The number of aryl methyl sites for hydroxylation is 2. The second kappa shape index (κ2) is 10.8. The van der Waals surface area contributed by atoms with E-state index in [0.29, 0.717) is 22.8 Å². The Labute approximate surface area is 218 Å². The molecular formula is C28H25F3N6O. The van der Waals surface area contributed by atoms with Crippen molar-refractivity contribution in [3.05, 3.63) is 94.7 Å². The van der Waals surface area contributed by atoms with E-state index >= 15 is 0 Å². The maximum Gasteiger partial charge on any atom is 0.418 e. The maximum atomic E-state index is 13.8. The lowest BCUT2D eigenvalue weighted by Crippen LogP contribution is -2.15. The number of hydrogen-bond acceptors (Lipinski definition) is 5. The van der Waals surface area contributed by atoms with Crippen LogP contribution in [0.5, 0.6) is 0 Å². The number of nitrogens with one attached hydrogen (secondary N) is 2. The highest BCUT2D eigenvalue weighted by molar-refractivity contribution is 6.04. The highest BCUT2D eigenvalue weighted by Gasteiger charge is 2.34. The summed E-state index contributed by atoms with van der Waals surface area (Å²) in [6.07, 6.45) is -1.82. The largest absolute Gasteiger partial charge is 0.418 e. The van der Waals surface area contributed by atoms with Gasteiger partial charge >= 0.3 is 6.18 Å². The van der Waals surface area contributed by atoms with E-state index < -0.39 is 17.6 Å². The molecule has 4 aromatic rings. The highest BCUT2D eigenvalue weighted by Crippen LogP contribution is 2.36. The number of carbonyl (C=O) groups excluding carboxylic acids is 1. The summed E-state index contributed by atoms with van der Waals surface area (Å²) in [6, 6.07) is 12.3. The van der Waals surface area contributed by atoms with E-state index in [1.807, 2.05) is 20.8 Å². The van der Waals surface area contributed by atoms with Gasteiger partial charge < -0.3 is 15.2 Å². The van der Waals surface area contributed by atoms with Crippen molar-refractivity contribution >= 4 is 17.4 Å². The van der Waals surface area contributed by atoms with Crippen LogP contribution in [0.3, 0.4) is 0 Å². The third-order valence-electron chi connectivity index (χ3n) is 5.48. The number of nitrogens with zero attached hydrogens (tertiary/aromatic N) is 4. The zero-order valence-corrected chi connectivity index (χ0v) is 21.2. The van der Waals surface area contributed by atoms with E-state index in [1.54, 1.807) is 37.3 Å². The van der Waals surface area contributed by atoms with Crippen LogP contribution in [0.4, 0.5) is 24.7 Å². The molecule has 0 fully saturated rings. The molecule has 0 saturated carbocycles. The lowest BCUT2D eigenvalue weighted by Gasteiger charge is -2.15. The molecule has 2 heterocycles. The molecule has 1 amide bonds. The van der Waals surface area contributed by atoms with E-state index in [0.717, 1.165) is 11.6 Å². The Kier molecular flexibility index (Phi) is 7.48. The zero-order valence-electron chi connectivity index (χ0n) is 21.2. The fraction of sp³-hybridized carbons (Fsp3) is 0.214. The standard InChI is InChI=1S/C28H25F3N6O/c1-17(2)33-26-12-10-22(35-36-26)8-7-20-13-21(6-5-18(20)3)27(38)34-23-9-11-25(24(14-23)28(29,30)31)37-15-19(4)32-16-37/h5-6,9-17H,1-4H3,(H,33,36)(H,34,38). The van der Waals surface area contributed by atoms with E-state index in [4.69, 9.17) is 0 Å². The van der Waals surface area contributed by atoms with Crippen molar-refractivity contribution in [2.45, 2.75) is 39.9 Å². The maximum absolute atomic E-state index is 13.8. The molecule has 2 N–H and O–H groups in total. The van der Waals surface area contributed by atoms with Gasteiger partial charge in [-0.25, -0.2) is 4.98 Å². The number of amides is 1. The van der Waals surface area contributed by atoms with Crippen LogP contribution in [-0.4, -0.2) is 31.7 Å². The lowest BCUT2D eigenvalue weighted by atomic mass is 10.0. The fourth-order valence-electron chi connectivity index (χ4n) is 3.62. The Hall–Kier alpha value is -4.65. The molecule has 0 saturated heterocycles. The van der Waals surface area contributed by atoms with Crippen molar-refractivity contribution < 1.29 is 18.0 Å². The molecule has 4 rings (SSSR count). The van der Waals surface area contributed by atoms with Crippen LogP contribution < -0.4 is 10.6 Å². The summed E-state index contributed by atoms with van der Waals surface area (Å²) in [6.45, 7) is 7.52. The first-order valence-electron chi connectivity index (χ1n) is 11.8. The van der Waals surface area contributed by atoms with Gasteiger partial charge in [0.2, 0.25) is 0 Å². The second-order valence-electron chi connectivity index (χ2n) is 8.99. The topological polar surface area (TPSA) is 84.7 Å². The molecule has 0 radical (unpaired) electrons. The first-order chi connectivity index (χ1) is 18.0. The molecule has 0 spiro atoms. The zero-order chi connectivity index (χ0) is 27.4. The molecule has 10 heteroatoms. The number of hydrogen-bond donors (Lipinski definition) is 2. The lowest BCUT2D eigenvalue weighted by molar-refractivity contribution is -0.137. The number of alkyl halides is 3. The van der Waals surface area contributed by atoms with Crippen molar-refractivity contribution in [2.24, 2.45) is 0 Å². The van der Waals surface area contributed by atoms with Crippen molar-refractivity contribution in [3.8, 4) is 17.5 Å². The quantitative estimate of drug-likeness (QED) is 0.328. The monoisotopic (exact) mass is 518 g/mol.